The molecule has 0 radical (unpaired) electrons. The predicted molar refractivity (Wildman–Crippen MR) is 117 cm³/mol. The minimum atomic E-state index is -4.94. The number of unbranched alkanes of at least 4 members (excludes halogenated alkanes) is 12. The molecule has 0 saturated carbocycles. The van der Waals surface area contributed by atoms with Crippen LogP contribution in [-0.4, -0.2) is 41.9 Å². The Labute approximate surface area is 245 Å². The van der Waals surface area contributed by atoms with E-state index in [2.05, 4.69) is 13.8 Å². The quantitative estimate of drug-likeness (QED) is 0.102. The van der Waals surface area contributed by atoms with Gasteiger partial charge < -0.3 is 24.9 Å². The summed E-state index contributed by atoms with van der Waals surface area (Å²) in [7, 11) is -4.94. The second kappa shape index (κ2) is 27.4. The number of aliphatic hydroxyl groups is 1. The minimum absolute atomic E-state index is 0. The molecule has 0 aromatic rings. The van der Waals surface area contributed by atoms with Gasteiger partial charge >= 0.3 is 59.1 Å². The van der Waals surface area contributed by atoms with E-state index in [1.165, 1.54) is 83.5 Å². The van der Waals surface area contributed by atoms with Crippen LogP contribution in [-0.2, 0) is 19.7 Å². The van der Waals surface area contributed by atoms with Crippen molar-refractivity contribution in [1.82, 2.24) is 0 Å². The first kappa shape index (κ1) is 41.0. The van der Waals surface area contributed by atoms with Gasteiger partial charge in [0.15, 0.2) is 0 Å². The van der Waals surface area contributed by atoms with Crippen molar-refractivity contribution in [3.8, 4) is 0 Å². The first-order chi connectivity index (χ1) is 14.5. The van der Waals surface area contributed by atoms with Crippen LogP contribution in [0.5, 0.6) is 0 Å². The van der Waals surface area contributed by atoms with Crippen molar-refractivity contribution < 1.29 is 97.0 Å². The van der Waals surface area contributed by atoms with Crippen molar-refractivity contribution in [3.63, 3.8) is 0 Å². The fourth-order valence-corrected chi connectivity index (χ4v) is 3.66. The Morgan fingerprint density at radius 3 is 1.27 bits per heavy atom. The van der Waals surface area contributed by atoms with Gasteiger partial charge in [0, 0.05) is 19.0 Å². The Morgan fingerprint density at radius 1 is 0.727 bits per heavy atom. The number of carboxylic acid groups (broad SMARTS) is 2. The van der Waals surface area contributed by atoms with Gasteiger partial charge in [0.25, 0.3) is 10.1 Å². The Bertz CT molecular complexity index is 557. The van der Waals surface area contributed by atoms with Crippen LogP contribution in [0.2, 0.25) is 0 Å². The summed E-state index contributed by atoms with van der Waals surface area (Å²) >= 11 is 0. The van der Waals surface area contributed by atoms with Crippen LogP contribution in [0.4, 0.5) is 0 Å². The molecule has 1 atom stereocenters. The van der Waals surface area contributed by atoms with Gasteiger partial charge in [-0.3, -0.25) is 4.55 Å². The van der Waals surface area contributed by atoms with Gasteiger partial charge in [-0.15, -0.1) is 0 Å². The molecule has 0 fully saturated rings. The summed E-state index contributed by atoms with van der Waals surface area (Å²) in [5.41, 5.74) is 0. The van der Waals surface area contributed by atoms with Crippen molar-refractivity contribution in [1.29, 1.82) is 0 Å². The maximum Gasteiger partial charge on any atom is 1.00 e. The SMILES string of the molecule is CC(C)CCCCCCCCCCCCCCCO.O=C([O-])CC(C(=O)[O-])S(=O)(=O)O.[Na+].[Na+]. The molecule has 33 heavy (non-hydrogen) atoms. The number of rotatable bonds is 19. The average Bonchev–Trinajstić information content (AvgIpc) is 2.65. The molecule has 8 nitrogen and oxygen atoms in total. The first-order valence-corrected chi connectivity index (χ1v) is 13.0. The molecule has 11 heteroatoms. The van der Waals surface area contributed by atoms with Gasteiger partial charge in [0.2, 0.25) is 0 Å². The summed E-state index contributed by atoms with van der Waals surface area (Å²) in [4.78, 5) is 19.7. The van der Waals surface area contributed by atoms with Crippen LogP contribution in [0.25, 0.3) is 0 Å². The molecule has 0 amide bonds. The van der Waals surface area contributed by atoms with E-state index in [4.69, 9.17) is 9.66 Å². The topological polar surface area (TPSA) is 155 Å². The van der Waals surface area contributed by atoms with Gasteiger partial charge in [0.05, 0.1) is 5.97 Å². The molecule has 186 valence electrons. The van der Waals surface area contributed by atoms with E-state index in [9.17, 15) is 28.2 Å². The third kappa shape index (κ3) is 32.8. The van der Waals surface area contributed by atoms with Crippen LogP contribution in [0.15, 0.2) is 0 Å². The number of carboxylic acids is 2. The molecule has 0 aliphatic carbocycles. The Kier molecular flexibility index (Phi) is 34.0. The number of aliphatic hydroxyl groups excluding tert-OH is 1. The summed E-state index contributed by atoms with van der Waals surface area (Å²) in [5, 5.41) is 25.9. The number of carbonyl (C=O) groups is 2. The van der Waals surface area contributed by atoms with Crippen LogP contribution in [0.1, 0.15) is 110 Å². The molecule has 0 aromatic carbocycles. The third-order valence-corrected chi connectivity index (χ3v) is 5.99. The summed E-state index contributed by atoms with van der Waals surface area (Å²) < 4.78 is 28.5. The number of hydrogen-bond acceptors (Lipinski definition) is 7. The predicted octanol–water partition coefficient (Wildman–Crippen LogP) is -3.76. The summed E-state index contributed by atoms with van der Waals surface area (Å²) in [5.74, 6) is -3.19. The zero-order valence-corrected chi connectivity index (χ0v) is 26.0. The standard InChI is InChI=1S/C18H38O.C4H6O7S.2Na/c1-18(2)16-14-12-10-8-6-4-3-5-7-9-11-13-15-17-19;5-3(6)1-2(4(7)8)12(9,10)11;;/h18-19H,3-17H2,1-2H3;2H,1H2,(H,5,6)(H,7,8)(H,9,10,11);;/q;;2*+1/p-2. The summed E-state index contributed by atoms with van der Waals surface area (Å²) in [6.07, 6.45) is 17.9. The van der Waals surface area contributed by atoms with Crippen molar-refractivity contribution in [2.45, 2.75) is 115 Å². The van der Waals surface area contributed by atoms with Crippen LogP contribution >= 0.6 is 0 Å². The molecule has 1 unspecified atom stereocenters. The third-order valence-electron chi connectivity index (χ3n) is 4.91. The minimum Gasteiger partial charge on any atom is -0.550 e. The van der Waals surface area contributed by atoms with Gasteiger partial charge in [0.1, 0.15) is 5.25 Å². The van der Waals surface area contributed by atoms with E-state index in [0.717, 1.165) is 12.3 Å². The average molecular weight is 513 g/mol. The van der Waals surface area contributed by atoms with Gasteiger partial charge in [-0.2, -0.15) is 8.42 Å². The van der Waals surface area contributed by atoms with E-state index in [0.29, 0.717) is 6.61 Å². The van der Waals surface area contributed by atoms with Gasteiger partial charge in [-0.25, -0.2) is 0 Å². The number of carbonyl (C=O) groups excluding carboxylic acids is 2. The van der Waals surface area contributed by atoms with E-state index in [1.54, 1.807) is 0 Å². The van der Waals surface area contributed by atoms with Crippen LogP contribution in [0.3, 0.4) is 0 Å². The Hall–Kier alpha value is 0.810. The van der Waals surface area contributed by atoms with Gasteiger partial charge in [-0.05, 0) is 12.3 Å². The van der Waals surface area contributed by atoms with Crippen molar-refractivity contribution >= 4 is 22.1 Å². The van der Waals surface area contributed by atoms with Crippen molar-refractivity contribution in [3.05, 3.63) is 0 Å². The molecule has 2 N–H and O–H groups in total. The Morgan fingerprint density at radius 2 is 1.06 bits per heavy atom. The molecule has 0 spiro atoms. The molecule has 0 bridgehead atoms. The van der Waals surface area contributed by atoms with Gasteiger partial charge in [-0.1, -0.05) is 97.3 Å². The molecule has 0 rings (SSSR count). The molecule has 0 saturated heterocycles. The van der Waals surface area contributed by atoms with E-state index in [-0.39, 0.29) is 59.1 Å². The second-order valence-electron chi connectivity index (χ2n) is 8.40. The fourth-order valence-electron chi connectivity index (χ4n) is 3.07. The molecule has 0 aliphatic rings. The second-order valence-corrected chi connectivity index (χ2v) is 10.0. The molecule has 0 heterocycles. The largest absolute Gasteiger partial charge is 1.00 e. The zero-order valence-electron chi connectivity index (χ0n) is 21.2. The number of hydrogen-bond donors (Lipinski definition) is 2. The van der Waals surface area contributed by atoms with Crippen molar-refractivity contribution in [2.75, 3.05) is 6.61 Å². The summed E-state index contributed by atoms with van der Waals surface area (Å²) in [6, 6.07) is 0. The Balaban J connectivity index is -0.000000262. The van der Waals surface area contributed by atoms with Crippen molar-refractivity contribution in [2.24, 2.45) is 5.92 Å². The molecule has 0 aliphatic heterocycles. The van der Waals surface area contributed by atoms with Crippen LogP contribution in [0, 0.1) is 5.92 Å². The molecular formula is C22H42Na2O8S. The molecular weight excluding hydrogens is 470 g/mol. The zero-order chi connectivity index (χ0) is 24.1. The fraction of sp³-hybridized carbons (Fsp3) is 0.909. The number of aliphatic carboxylic acids is 2. The van der Waals surface area contributed by atoms with E-state index >= 15 is 0 Å². The molecule has 0 aromatic heterocycles. The van der Waals surface area contributed by atoms with Crippen LogP contribution < -0.4 is 69.3 Å². The maximum atomic E-state index is 10.2. The monoisotopic (exact) mass is 512 g/mol. The normalized spacial score (nSPS) is 11.5. The first-order valence-electron chi connectivity index (χ1n) is 11.5. The van der Waals surface area contributed by atoms with E-state index < -0.39 is 33.7 Å². The smallest absolute Gasteiger partial charge is 0.550 e. The maximum absolute atomic E-state index is 10.2. The van der Waals surface area contributed by atoms with E-state index in [1.807, 2.05) is 0 Å². The summed E-state index contributed by atoms with van der Waals surface area (Å²) in [6.45, 7) is 5.02.